The Morgan fingerprint density at radius 1 is 1.44 bits per heavy atom. The van der Waals surface area contributed by atoms with Crippen LogP contribution in [0, 0.1) is 17.0 Å². The fraction of sp³-hybridized carbons (Fsp3) is 0.125. The number of nitro benzene ring substituents is 1. The summed E-state index contributed by atoms with van der Waals surface area (Å²) in [6.45, 7) is 1.33. The fourth-order valence-electron chi connectivity index (χ4n) is 1.25. The van der Waals surface area contributed by atoms with Gasteiger partial charge in [-0.1, -0.05) is 0 Å². The van der Waals surface area contributed by atoms with E-state index in [4.69, 9.17) is 10.7 Å². The summed E-state index contributed by atoms with van der Waals surface area (Å²) in [6.07, 6.45) is 0.219. The van der Waals surface area contributed by atoms with Gasteiger partial charge >= 0.3 is 0 Å². The van der Waals surface area contributed by atoms with E-state index >= 15 is 0 Å². The van der Waals surface area contributed by atoms with Gasteiger partial charge in [-0.3, -0.25) is 14.9 Å². The molecule has 8 heteroatoms. The summed E-state index contributed by atoms with van der Waals surface area (Å²) in [6, 6.07) is 1.92. The van der Waals surface area contributed by atoms with E-state index in [-0.39, 0.29) is 22.3 Å². The lowest BCUT2D eigenvalue weighted by molar-refractivity contribution is -0.385. The van der Waals surface area contributed by atoms with E-state index in [0.717, 1.165) is 12.1 Å². The first-order chi connectivity index (χ1) is 7.27. The van der Waals surface area contributed by atoms with Gasteiger partial charge < -0.3 is 0 Å². The van der Waals surface area contributed by atoms with Crippen molar-refractivity contribution in [3.05, 3.63) is 33.4 Å². The largest absolute Gasteiger partial charge is 0.298 e. The number of rotatable bonds is 3. The summed E-state index contributed by atoms with van der Waals surface area (Å²) in [5.74, 6) is 0. The summed E-state index contributed by atoms with van der Waals surface area (Å²) in [5.41, 5.74) is -0.669. The number of carbonyl (C=O) groups excluding carboxylic acids is 1. The molecule has 0 aromatic heterocycles. The Kier molecular flexibility index (Phi) is 3.30. The molecule has 0 bridgehead atoms. The van der Waals surface area contributed by atoms with Gasteiger partial charge in [-0.2, -0.15) is 0 Å². The van der Waals surface area contributed by atoms with Gasteiger partial charge in [0, 0.05) is 16.2 Å². The van der Waals surface area contributed by atoms with E-state index in [1.54, 1.807) is 0 Å². The third-order valence-corrected chi connectivity index (χ3v) is 3.23. The molecule has 0 radical (unpaired) electrons. The maximum atomic E-state index is 11.0. The molecule has 1 rings (SSSR count). The summed E-state index contributed by atoms with van der Waals surface area (Å²) in [4.78, 5) is 20.2. The van der Waals surface area contributed by atoms with Crippen molar-refractivity contribution >= 4 is 31.7 Å². The lowest BCUT2D eigenvalue weighted by Crippen LogP contribution is -2.01. The van der Waals surface area contributed by atoms with Crippen molar-refractivity contribution in [2.75, 3.05) is 0 Å². The highest BCUT2D eigenvalue weighted by atomic mass is 35.7. The molecule has 1 aromatic rings. The average molecular weight is 264 g/mol. The zero-order valence-corrected chi connectivity index (χ0v) is 9.58. The van der Waals surface area contributed by atoms with Crippen LogP contribution in [0.2, 0.25) is 0 Å². The lowest BCUT2D eigenvalue weighted by atomic mass is 10.1. The minimum Gasteiger partial charge on any atom is -0.298 e. The molecule has 0 saturated heterocycles. The molecule has 0 fully saturated rings. The SMILES string of the molecule is Cc1cc(S(=O)(=O)Cl)cc(C=O)c1[N+](=O)[O-]. The van der Waals surface area contributed by atoms with Crippen LogP contribution in [0.4, 0.5) is 5.69 Å². The molecule has 0 saturated carbocycles. The van der Waals surface area contributed by atoms with Gasteiger partial charge in [-0.15, -0.1) is 0 Å². The van der Waals surface area contributed by atoms with Crippen LogP contribution in [0.1, 0.15) is 15.9 Å². The fourth-order valence-corrected chi connectivity index (χ4v) is 2.11. The number of hydrogen-bond acceptors (Lipinski definition) is 5. The van der Waals surface area contributed by atoms with Crippen molar-refractivity contribution in [1.29, 1.82) is 0 Å². The molecule has 0 N–H and O–H groups in total. The highest BCUT2D eigenvalue weighted by Crippen LogP contribution is 2.27. The number of aldehydes is 1. The monoisotopic (exact) mass is 263 g/mol. The summed E-state index contributed by atoms with van der Waals surface area (Å²) >= 11 is 0. The molecule has 1 aromatic carbocycles. The van der Waals surface area contributed by atoms with Gasteiger partial charge in [-0.25, -0.2) is 8.42 Å². The molecule has 0 aliphatic carbocycles. The van der Waals surface area contributed by atoms with E-state index in [1.807, 2.05) is 0 Å². The average Bonchev–Trinajstić information content (AvgIpc) is 2.14. The van der Waals surface area contributed by atoms with Gasteiger partial charge in [-0.05, 0) is 19.1 Å². The van der Waals surface area contributed by atoms with Crippen LogP contribution in [0.5, 0.6) is 0 Å². The summed E-state index contributed by atoms with van der Waals surface area (Å²) in [7, 11) is 1.07. The Morgan fingerprint density at radius 2 is 2.00 bits per heavy atom. The number of halogens is 1. The zero-order chi connectivity index (χ0) is 12.5. The van der Waals surface area contributed by atoms with Crippen LogP contribution in [0.15, 0.2) is 17.0 Å². The van der Waals surface area contributed by atoms with E-state index in [2.05, 4.69) is 0 Å². The van der Waals surface area contributed by atoms with E-state index in [0.29, 0.717) is 0 Å². The second-order valence-electron chi connectivity index (χ2n) is 2.99. The normalized spacial score (nSPS) is 11.1. The molecule has 0 heterocycles. The standard InChI is InChI=1S/C8H6ClNO5S/c1-5-2-7(16(9,14)15)3-6(4-11)8(5)10(12)13/h2-4H,1H3. The van der Waals surface area contributed by atoms with E-state index in [9.17, 15) is 23.3 Å². The van der Waals surface area contributed by atoms with Crippen LogP contribution in [-0.2, 0) is 9.05 Å². The molecule has 0 spiro atoms. The quantitative estimate of drug-likeness (QED) is 0.358. The Hall–Kier alpha value is -1.47. The second kappa shape index (κ2) is 4.18. The van der Waals surface area contributed by atoms with Crippen molar-refractivity contribution in [2.45, 2.75) is 11.8 Å². The third kappa shape index (κ3) is 2.37. The number of nitro groups is 1. The highest BCUT2D eigenvalue weighted by molar-refractivity contribution is 8.13. The van der Waals surface area contributed by atoms with E-state index in [1.165, 1.54) is 6.92 Å². The number of carbonyl (C=O) groups is 1. The number of aryl methyl sites for hydroxylation is 1. The van der Waals surface area contributed by atoms with Gasteiger partial charge in [0.2, 0.25) is 0 Å². The van der Waals surface area contributed by atoms with E-state index < -0.39 is 19.7 Å². The Balaban J connectivity index is 3.63. The molecule has 0 atom stereocenters. The molecular weight excluding hydrogens is 258 g/mol. The molecule has 0 amide bonds. The van der Waals surface area contributed by atoms with Gasteiger partial charge in [0.15, 0.2) is 6.29 Å². The Bertz CT molecular complexity index is 566. The van der Waals surface area contributed by atoms with Crippen molar-refractivity contribution in [1.82, 2.24) is 0 Å². The summed E-state index contributed by atoms with van der Waals surface area (Å²) < 4.78 is 22.0. The number of hydrogen-bond donors (Lipinski definition) is 0. The Morgan fingerprint density at radius 3 is 2.38 bits per heavy atom. The number of benzene rings is 1. The van der Waals surface area contributed by atoms with Crippen molar-refractivity contribution < 1.29 is 18.1 Å². The van der Waals surface area contributed by atoms with Crippen LogP contribution in [0.3, 0.4) is 0 Å². The molecule has 0 aliphatic rings. The minimum absolute atomic E-state index is 0.0637. The predicted molar refractivity (Wildman–Crippen MR) is 56.3 cm³/mol. The summed E-state index contributed by atoms with van der Waals surface area (Å²) in [5, 5.41) is 10.6. The molecule has 86 valence electrons. The minimum atomic E-state index is -4.01. The first kappa shape index (κ1) is 12.6. The van der Waals surface area contributed by atoms with Gasteiger partial charge in [0.05, 0.1) is 15.4 Å². The van der Waals surface area contributed by atoms with Crippen molar-refractivity contribution in [3.8, 4) is 0 Å². The Labute approximate surface area is 95.4 Å². The molecule has 0 aliphatic heterocycles. The second-order valence-corrected chi connectivity index (χ2v) is 5.56. The molecule has 0 unspecified atom stereocenters. The maximum Gasteiger partial charge on any atom is 0.282 e. The number of nitrogens with zero attached hydrogens (tertiary/aromatic N) is 1. The molecule has 6 nitrogen and oxygen atoms in total. The predicted octanol–water partition coefficient (Wildman–Crippen LogP) is 1.64. The first-order valence-electron chi connectivity index (χ1n) is 3.96. The van der Waals surface area contributed by atoms with Crippen LogP contribution in [0.25, 0.3) is 0 Å². The molecule has 16 heavy (non-hydrogen) atoms. The smallest absolute Gasteiger partial charge is 0.282 e. The third-order valence-electron chi connectivity index (χ3n) is 1.89. The maximum absolute atomic E-state index is 11.0. The van der Waals surface area contributed by atoms with Crippen molar-refractivity contribution in [2.24, 2.45) is 0 Å². The van der Waals surface area contributed by atoms with Crippen LogP contribution < -0.4 is 0 Å². The highest BCUT2D eigenvalue weighted by Gasteiger charge is 2.22. The molecular formula is C8H6ClNO5S. The van der Waals surface area contributed by atoms with Gasteiger partial charge in [0.1, 0.15) is 0 Å². The lowest BCUT2D eigenvalue weighted by Gasteiger charge is -2.02. The van der Waals surface area contributed by atoms with Crippen LogP contribution >= 0.6 is 10.7 Å². The zero-order valence-electron chi connectivity index (χ0n) is 8.01. The van der Waals surface area contributed by atoms with Gasteiger partial charge in [0.25, 0.3) is 14.7 Å². The van der Waals surface area contributed by atoms with Crippen molar-refractivity contribution in [3.63, 3.8) is 0 Å². The van der Waals surface area contributed by atoms with Crippen LogP contribution in [-0.4, -0.2) is 19.6 Å². The topological polar surface area (TPSA) is 94.3 Å². The first-order valence-corrected chi connectivity index (χ1v) is 6.27.